The Hall–Kier alpha value is -2.23. The smallest absolute Gasteiger partial charge is 0.159 e. The monoisotopic (exact) mass is 255 g/mol. The van der Waals surface area contributed by atoms with Crippen LogP contribution in [-0.2, 0) is 6.54 Å². The zero-order valence-corrected chi connectivity index (χ0v) is 11.4. The van der Waals surface area contributed by atoms with E-state index in [2.05, 4.69) is 9.97 Å². The highest BCUT2D eigenvalue weighted by molar-refractivity contribution is 5.94. The van der Waals surface area contributed by atoms with Gasteiger partial charge < -0.3 is 4.90 Å². The molecule has 2 aromatic rings. The van der Waals surface area contributed by atoms with Gasteiger partial charge in [-0.15, -0.1) is 0 Å². The maximum Gasteiger partial charge on any atom is 0.159 e. The summed E-state index contributed by atoms with van der Waals surface area (Å²) < 4.78 is 0. The number of hydrogen-bond donors (Lipinski definition) is 0. The van der Waals surface area contributed by atoms with Crippen LogP contribution in [0.1, 0.15) is 28.7 Å². The first kappa shape index (κ1) is 13.2. The van der Waals surface area contributed by atoms with Gasteiger partial charge in [0.2, 0.25) is 0 Å². The SMILES string of the molecule is CC(=O)c1ccnc(N(C)Cc2cccc(C)n2)c1. The van der Waals surface area contributed by atoms with E-state index in [1.54, 1.807) is 25.3 Å². The summed E-state index contributed by atoms with van der Waals surface area (Å²) in [6.45, 7) is 4.19. The minimum atomic E-state index is 0.0470. The van der Waals surface area contributed by atoms with Crippen LogP contribution in [0.2, 0.25) is 0 Å². The number of nitrogens with zero attached hydrogens (tertiary/aromatic N) is 3. The molecule has 0 aromatic carbocycles. The summed E-state index contributed by atoms with van der Waals surface area (Å²) in [6.07, 6.45) is 1.66. The van der Waals surface area contributed by atoms with Crippen LogP contribution in [0.4, 0.5) is 5.82 Å². The number of Topliss-reactive ketones (excluding diaryl/α,β-unsaturated/α-hetero) is 1. The van der Waals surface area contributed by atoms with Crippen LogP contribution < -0.4 is 4.90 Å². The van der Waals surface area contributed by atoms with Crippen molar-refractivity contribution in [3.8, 4) is 0 Å². The zero-order chi connectivity index (χ0) is 13.8. The Balaban J connectivity index is 2.18. The second-order valence-electron chi connectivity index (χ2n) is 4.59. The summed E-state index contributed by atoms with van der Waals surface area (Å²) >= 11 is 0. The molecule has 0 fully saturated rings. The third-order valence-electron chi connectivity index (χ3n) is 2.89. The molecule has 19 heavy (non-hydrogen) atoms. The number of carbonyl (C=O) groups is 1. The first-order valence-electron chi connectivity index (χ1n) is 6.17. The van der Waals surface area contributed by atoms with Crippen molar-refractivity contribution in [1.29, 1.82) is 0 Å². The van der Waals surface area contributed by atoms with Crippen LogP contribution in [0, 0.1) is 6.92 Å². The van der Waals surface area contributed by atoms with Gasteiger partial charge in [0.05, 0.1) is 12.2 Å². The number of hydrogen-bond acceptors (Lipinski definition) is 4. The molecule has 2 aromatic heterocycles. The predicted molar refractivity (Wildman–Crippen MR) is 75.3 cm³/mol. The largest absolute Gasteiger partial charge is 0.354 e. The number of rotatable bonds is 4. The van der Waals surface area contributed by atoms with Gasteiger partial charge in [0.1, 0.15) is 5.82 Å². The molecule has 4 nitrogen and oxygen atoms in total. The average Bonchev–Trinajstić information content (AvgIpc) is 2.39. The van der Waals surface area contributed by atoms with Gasteiger partial charge in [0.15, 0.2) is 5.78 Å². The molecule has 0 N–H and O–H groups in total. The Bertz CT molecular complexity index is 595. The Morgan fingerprint density at radius 1 is 1.32 bits per heavy atom. The van der Waals surface area contributed by atoms with Gasteiger partial charge in [-0.05, 0) is 38.1 Å². The van der Waals surface area contributed by atoms with Crippen LogP contribution in [0.3, 0.4) is 0 Å². The number of ketones is 1. The Morgan fingerprint density at radius 2 is 2.11 bits per heavy atom. The van der Waals surface area contributed by atoms with Crippen molar-refractivity contribution < 1.29 is 4.79 Å². The van der Waals surface area contributed by atoms with E-state index < -0.39 is 0 Å². The lowest BCUT2D eigenvalue weighted by Gasteiger charge is -2.18. The van der Waals surface area contributed by atoms with Gasteiger partial charge in [-0.1, -0.05) is 6.07 Å². The predicted octanol–water partition coefficient (Wildman–Crippen LogP) is 2.62. The number of aryl methyl sites for hydroxylation is 1. The van der Waals surface area contributed by atoms with Gasteiger partial charge >= 0.3 is 0 Å². The minimum absolute atomic E-state index is 0.0470. The summed E-state index contributed by atoms with van der Waals surface area (Å²) in [4.78, 5) is 22.1. The first-order chi connectivity index (χ1) is 9.06. The van der Waals surface area contributed by atoms with Crippen molar-refractivity contribution in [2.45, 2.75) is 20.4 Å². The van der Waals surface area contributed by atoms with Crippen molar-refractivity contribution in [3.05, 3.63) is 53.5 Å². The van der Waals surface area contributed by atoms with Crippen molar-refractivity contribution in [3.63, 3.8) is 0 Å². The summed E-state index contributed by atoms with van der Waals surface area (Å²) in [5.41, 5.74) is 2.66. The maximum atomic E-state index is 11.4. The number of pyridine rings is 2. The molecule has 0 aliphatic rings. The van der Waals surface area contributed by atoms with E-state index in [0.717, 1.165) is 17.2 Å². The molecule has 0 aliphatic carbocycles. The van der Waals surface area contributed by atoms with E-state index >= 15 is 0 Å². The van der Waals surface area contributed by atoms with E-state index in [1.165, 1.54) is 0 Å². The number of carbonyl (C=O) groups excluding carboxylic acids is 1. The third-order valence-corrected chi connectivity index (χ3v) is 2.89. The van der Waals surface area contributed by atoms with Crippen LogP contribution in [0.5, 0.6) is 0 Å². The van der Waals surface area contributed by atoms with E-state index in [4.69, 9.17) is 0 Å². The fraction of sp³-hybridized carbons (Fsp3) is 0.267. The van der Waals surface area contributed by atoms with Crippen molar-refractivity contribution in [1.82, 2.24) is 9.97 Å². The highest BCUT2D eigenvalue weighted by Crippen LogP contribution is 2.14. The number of aromatic nitrogens is 2. The number of anilines is 1. The third kappa shape index (κ3) is 3.37. The van der Waals surface area contributed by atoms with Gasteiger partial charge in [-0.2, -0.15) is 0 Å². The van der Waals surface area contributed by atoms with Crippen LogP contribution in [0.15, 0.2) is 36.5 Å². The normalized spacial score (nSPS) is 10.3. The molecule has 0 atom stereocenters. The van der Waals surface area contributed by atoms with Crippen LogP contribution >= 0.6 is 0 Å². The molecule has 2 heterocycles. The zero-order valence-electron chi connectivity index (χ0n) is 11.4. The van der Waals surface area contributed by atoms with E-state index in [1.807, 2.05) is 37.1 Å². The van der Waals surface area contributed by atoms with E-state index in [9.17, 15) is 4.79 Å². The quantitative estimate of drug-likeness (QED) is 0.788. The van der Waals surface area contributed by atoms with Crippen LogP contribution in [-0.4, -0.2) is 22.8 Å². The Labute approximate surface area is 113 Å². The highest BCUT2D eigenvalue weighted by atomic mass is 16.1. The van der Waals surface area contributed by atoms with Crippen LogP contribution in [0.25, 0.3) is 0 Å². The molecular formula is C15H17N3O. The maximum absolute atomic E-state index is 11.4. The molecule has 98 valence electrons. The highest BCUT2D eigenvalue weighted by Gasteiger charge is 2.07. The molecule has 2 rings (SSSR count). The fourth-order valence-corrected chi connectivity index (χ4v) is 1.86. The summed E-state index contributed by atoms with van der Waals surface area (Å²) in [5.74, 6) is 0.821. The van der Waals surface area contributed by atoms with Gasteiger partial charge in [0.25, 0.3) is 0 Å². The Kier molecular flexibility index (Phi) is 3.90. The molecule has 0 amide bonds. The molecule has 0 saturated carbocycles. The summed E-state index contributed by atoms with van der Waals surface area (Å²) in [5, 5.41) is 0. The average molecular weight is 255 g/mol. The second-order valence-corrected chi connectivity index (χ2v) is 4.59. The summed E-state index contributed by atoms with van der Waals surface area (Å²) in [6, 6.07) is 9.48. The van der Waals surface area contributed by atoms with E-state index in [-0.39, 0.29) is 5.78 Å². The molecule has 0 bridgehead atoms. The Morgan fingerprint density at radius 3 is 2.79 bits per heavy atom. The lowest BCUT2D eigenvalue weighted by atomic mass is 10.2. The minimum Gasteiger partial charge on any atom is -0.354 e. The molecule has 0 aliphatic heterocycles. The van der Waals surface area contributed by atoms with E-state index in [0.29, 0.717) is 12.1 Å². The van der Waals surface area contributed by atoms with Gasteiger partial charge in [-0.25, -0.2) is 4.98 Å². The van der Waals surface area contributed by atoms with Crippen molar-refractivity contribution >= 4 is 11.6 Å². The second kappa shape index (κ2) is 5.61. The lowest BCUT2D eigenvalue weighted by molar-refractivity contribution is 0.101. The topological polar surface area (TPSA) is 46.1 Å². The first-order valence-corrected chi connectivity index (χ1v) is 6.17. The molecule has 0 radical (unpaired) electrons. The summed E-state index contributed by atoms with van der Waals surface area (Å²) in [7, 11) is 1.94. The van der Waals surface area contributed by atoms with Gasteiger partial charge in [0, 0.05) is 24.5 Å². The molecule has 0 unspecified atom stereocenters. The molecule has 0 spiro atoms. The fourth-order valence-electron chi connectivity index (χ4n) is 1.86. The van der Waals surface area contributed by atoms with Crippen molar-refractivity contribution in [2.24, 2.45) is 0 Å². The molecule has 4 heteroatoms. The van der Waals surface area contributed by atoms with Crippen molar-refractivity contribution in [2.75, 3.05) is 11.9 Å². The van der Waals surface area contributed by atoms with Gasteiger partial charge in [-0.3, -0.25) is 9.78 Å². The molecular weight excluding hydrogens is 238 g/mol. The lowest BCUT2D eigenvalue weighted by Crippen LogP contribution is -2.19. The molecule has 0 saturated heterocycles. The standard InChI is InChI=1S/C15H17N3O/c1-11-5-4-6-14(17-11)10-18(3)15-9-13(12(2)19)7-8-16-15/h4-9H,10H2,1-3H3.